The molecule has 0 heterocycles. The summed E-state index contributed by atoms with van der Waals surface area (Å²) in [5, 5.41) is 0.810. The number of rotatable bonds is 6. The zero-order chi connectivity index (χ0) is 13.5. The number of thioether (sulfide) groups is 1. The molecule has 0 unspecified atom stereocenters. The molecule has 0 spiro atoms. The van der Waals surface area contributed by atoms with E-state index in [0.717, 1.165) is 23.9 Å². The first-order valence-electron chi connectivity index (χ1n) is 6.35. The first-order valence-corrected chi connectivity index (χ1v) is 7.71. The minimum absolute atomic E-state index is 0.810. The largest absolute Gasteiger partial charge is 0.301 e. The second kappa shape index (κ2) is 7.59. The summed E-state index contributed by atoms with van der Waals surface area (Å²) in [7, 11) is 2.15. The molecule has 0 aromatic heterocycles. The fourth-order valence-corrected chi connectivity index (χ4v) is 3.06. The number of halogens is 1. The van der Waals surface area contributed by atoms with Gasteiger partial charge in [-0.05, 0) is 36.9 Å². The standard InChI is InChI=1S/C16H18ClNS/c1-18(13-14-6-5-7-15(17)12-14)10-11-19-16-8-3-2-4-9-16/h2-9,12H,10-11,13H2,1H3. The Hall–Kier alpha value is -0.960. The number of benzene rings is 2. The molecule has 2 aromatic rings. The zero-order valence-corrected chi connectivity index (χ0v) is 12.6. The van der Waals surface area contributed by atoms with E-state index in [1.165, 1.54) is 10.5 Å². The van der Waals surface area contributed by atoms with E-state index in [2.05, 4.69) is 48.3 Å². The summed E-state index contributed by atoms with van der Waals surface area (Å²) in [6.07, 6.45) is 0. The molecule has 1 nitrogen and oxygen atoms in total. The number of hydrogen-bond donors (Lipinski definition) is 0. The minimum Gasteiger partial charge on any atom is -0.301 e. The average Bonchev–Trinajstić information content (AvgIpc) is 2.40. The van der Waals surface area contributed by atoms with Gasteiger partial charge in [-0.25, -0.2) is 0 Å². The van der Waals surface area contributed by atoms with Gasteiger partial charge >= 0.3 is 0 Å². The molecule has 2 aromatic carbocycles. The quantitative estimate of drug-likeness (QED) is 0.718. The highest BCUT2D eigenvalue weighted by molar-refractivity contribution is 7.99. The van der Waals surface area contributed by atoms with E-state index in [4.69, 9.17) is 11.6 Å². The fraction of sp³-hybridized carbons (Fsp3) is 0.250. The van der Waals surface area contributed by atoms with Gasteiger partial charge in [0.25, 0.3) is 0 Å². The predicted octanol–water partition coefficient (Wildman–Crippen LogP) is 4.56. The maximum Gasteiger partial charge on any atom is 0.0409 e. The molecule has 0 aliphatic rings. The van der Waals surface area contributed by atoms with Crippen molar-refractivity contribution in [3.8, 4) is 0 Å². The van der Waals surface area contributed by atoms with Crippen LogP contribution in [0.2, 0.25) is 5.02 Å². The molecule has 0 fully saturated rings. The molecule has 0 atom stereocenters. The van der Waals surface area contributed by atoms with Crippen molar-refractivity contribution >= 4 is 23.4 Å². The molecule has 0 bridgehead atoms. The monoisotopic (exact) mass is 291 g/mol. The highest BCUT2D eigenvalue weighted by atomic mass is 35.5. The average molecular weight is 292 g/mol. The van der Waals surface area contributed by atoms with E-state index < -0.39 is 0 Å². The Morgan fingerprint density at radius 1 is 1.05 bits per heavy atom. The third-order valence-electron chi connectivity index (χ3n) is 2.83. The van der Waals surface area contributed by atoms with Gasteiger partial charge in [0.15, 0.2) is 0 Å². The van der Waals surface area contributed by atoms with Gasteiger partial charge < -0.3 is 4.90 Å². The second-order valence-electron chi connectivity index (χ2n) is 4.53. The Bertz CT molecular complexity index is 501. The molecule has 100 valence electrons. The van der Waals surface area contributed by atoms with Crippen molar-refractivity contribution in [2.75, 3.05) is 19.3 Å². The van der Waals surface area contributed by atoms with E-state index in [1.807, 2.05) is 30.0 Å². The molecule has 19 heavy (non-hydrogen) atoms. The first-order chi connectivity index (χ1) is 9.24. The van der Waals surface area contributed by atoms with E-state index >= 15 is 0 Å². The van der Waals surface area contributed by atoms with Crippen LogP contribution in [0.1, 0.15) is 5.56 Å². The van der Waals surface area contributed by atoms with Crippen LogP contribution in [-0.2, 0) is 6.54 Å². The number of nitrogens with zero attached hydrogens (tertiary/aromatic N) is 1. The van der Waals surface area contributed by atoms with E-state index in [1.54, 1.807) is 0 Å². The lowest BCUT2D eigenvalue weighted by atomic mass is 10.2. The van der Waals surface area contributed by atoms with Gasteiger partial charge in [0.2, 0.25) is 0 Å². The Morgan fingerprint density at radius 2 is 1.84 bits per heavy atom. The van der Waals surface area contributed by atoms with Crippen LogP contribution in [0.15, 0.2) is 59.5 Å². The molecular weight excluding hydrogens is 274 g/mol. The van der Waals surface area contributed by atoms with Gasteiger partial charge in [-0.15, -0.1) is 11.8 Å². The van der Waals surface area contributed by atoms with Crippen LogP contribution in [0.3, 0.4) is 0 Å². The van der Waals surface area contributed by atoms with Crippen LogP contribution in [0, 0.1) is 0 Å². The van der Waals surface area contributed by atoms with Crippen molar-refractivity contribution in [2.45, 2.75) is 11.4 Å². The van der Waals surface area contributed by atoms with Crippen molar-refractivity contribution in [3.63, 3.8) is 0 Å². The third-order valence-corrected chi connectivity index (χ3v) is 4.05. The first kappa shape index (κ1) is 14.4. The Kier molecular flexibility index (Phi) is 5.77. The summed E-state index contributed by atoms with van der Waals surface area (Å²) in [4.78, 5) is 3.65. The van der Waals surface area contributed by atoms with Crippen LogP contribution in [0.4, 0.5) is 0 Å². The Morgan fingerprint density at radius 3 is 2.58 bits per heavy atom. The molecule has 0 saturated heterocycles. The van der Waals surface area contributed by atoms with Gasteiger partial charge in [-0.1, -0.05) is 41.9 Å². The van der Waals surface area contributed by atoms with Crippen molar-refractivity contribution < 1.29 is 0 Å². The number of hydrogen-bond acceptors (Lipinski definition) is 2. The zero-order valence-electron chi connectivity index (χ0n) is 11.1. The second-order valence-corrected chi connectivity index (χ2v) is 6.13. The van der Waals surface area contributed by atoms with Gasteiger partial charge in [0.05, 0.1) is 0 Å². The molecule has 0 N–H and O–H groups in total. The summed E-state index contributed by atoms with van der Waals surface area (Å²) in [5.74, 6) is 1.10. The topological polar surface area (TPSA) is 3.24 Å². The minimum atomic E-state index is 0.810. The smallest absolute Gasteiger partial charge is 0.0409 e. The van der Waals surface area contributed by atoms with Crippen molar-refractivity contribution in [1.82, 2.24) is 4.90 Å². The lowest BCUT2D eigenvalue weighted by Gasteiger charge is -2.16. The highest BCUT2D eigenvalue weighted by Crippen LogP contribution is 2.17. The Balaban J connectivity index is 1.74. The molecule has 0 aliphatic carbocycles. The molecule has 0 amide bonds. The van der Waals surface area contributed by atoms with Gasteiger partial charge in [-0.2, -0.15) is 0 Å². The predicted molar refractivity (Wildman–Crippen MR) is 85.0 cm³/mol. The maximum atomic E-state index is 5.99. The summed E-state index contributed by atoms with van der Waals surface area (Å²) < 4.78 is 0. The summed E-state index contributed by atoms with van der Waals surface area (Å²) in [5.41, 5.74) is 1.26. The van der Waals surface area contributed by atoms with E-state index in [-0.39, 0.29) is 0 Å². The van der Waals surface area contributed by atoms with Crippen LogP contribution in [0.25, 0.3) is 0 Å². The van der Waals surface area contributed by atoms with Crippen LogP contribution in [0.5, 0.6) is 0 Å². The van der Waals surface area contributed by atoms with E-state index in [0.29, 0.717) is 0 Å². The van der Waals surface area contributed by atoms with Crippen molar-refractivity contribution in [2.24, 2.45) is 0 Å². The summed E-state index contributed by atoms with van der Waals surface area (Å²) in [6.45, 7) is 2.00. The molecule has 0 saturated carbocycles. The van der Waals surface area contributed by atoms with Crippen molar-refractivity contribution in [3.05, 3.63) is 65.2 Å². The normalized spacial score (nSPS) is 10.9. The van der Waals surface area contributed by atoms with Gasteiger partial charge in [0.1, 0.15) is 0 Å². The maximum absolute atomic E-state index is 5.99. The molecular formula is C16H18ClNS. The highest BCUT2D eigenvalue weighted by Gasteiger charge is 2.01. The molecule has 0 aliphatic heterocycles. The Labute approximate surface area is 124 Å². The third kappa shape index (κ3) is 5.27. The SMILES string of the molecule is CN(CCSc1ccccc1)Cc1cccc(Cl)c1. The molecule has 0 radical (unpaired) electrons. The molecule has 2 rings (SSSR count). The van der Waals surface area contributed by atoms with Crippen LogP contribution < -0.4 is 0 Å². The summed E-state index contributed by atoms with van der Waals surface area (Å²) >= 11 is 7.88. The van der Waals surface area contributed by atoms with Crippen molar-refractivity contribution in [1.29, 1.82) is 0 Å². The lowest BCUT2D eigenvalue weighted by Crippen LogP contribution is -2.20. The fourth-order valence-electron chi connectivity index (χ4n) is 1.86. The van der Waals surface area contributed by atoms with E-state index in [9.17, 15) is 0 Å². The van der Waals surface area contributed by atoms with Gasteiger partial charge in [-0.3, -0.25) is 0 Å². The summed E-state index contributed by atoms with van der Waals surface area (Å²) in [6, 6.07) is 18.6. The lowest BCUT2D eigenvalue weighted by molar-refractivity contribution is 0.349. The van der Waals surface area contributed by atoms with Crippen LogP contribution >= 0.6 is 23.4 Å². The van der Waals surface area contributed by atoms with Crippen LogP contribution in [-0.4, -0.2) is 24.2 Å². The molecule has 3 heteroatoms. The van der Waals surface area contributed by atoms with Gasteiger partial charge in [0, 0.05) is 28.8 Å².